The van der Waals surface area contributed by atoms with Crippen molar-refractivity contribution in [2.24, 2.45) is 7.05 Å². The van der Waals surface area contributed by atoms with Crippen LogP contribution >= 0.6 is 0 Å². The van der Waals surface area contributed by atoms with Gasteiger partial charge in [0.05, 0.1) is 14.2 Å². The number of rotatable bonds is 6. The fraction of sp³-hybridized carbons (Fsp3) is 0.238. The zero-order chi connectivity index (χ0) is 19.4. The van der Waals surface area contributed by atoms with Crippen LogP contribution in [0.4, 0.5) is 0 Å². The van der Waals surface area contributed by atoms with Gasteiger partial charge >= 0.3 is 0 Å². The molecule has 3 rings (SSSR count). The van der Waals surface area contributed by atoms with Gasteiger partial charge in [-0.05, 0) is 36.8 Å². The SMILES string of the molecule is COc1cc(OC)cc(C(NC(=O)c2cccc(C)c2)c2nccn2C)c1. The number of carbonyl (C=O) groups is 1. The maximum atomic E-state index is 12.9. The van der Waals surface area contributed by atoms with E-state index in [4.69, 9.17) is 9.47 Å². The van der Waals surface area contributed by atoms with E-state index in [1.54, 1.807) is 32.5 Å². The summed E-state index contributed by atoms with van der Waals surface area (Å²) in [4.78, 5) is 17.3. The number of imidazole rings is 1. The first-order chi connectivity index (χ1) is 13.0. The molecular formula is C21H23N3O3. The maximum Gasteiger partial charge on any atom is 0.252 e. The molecule has 0 saturated heterocycles. The Hall–Kier alpha value is -3.28. The van der Waals surface area contributed by atoms with Gasteiger partial charge in [-0.15, -0.1) is 0 Å². The Kier molecular flexibility index (Phi) is 5.45. The van der Waals surface area contributed by atoms with E-state index in [9.17, 15) is 4.79 Å². The second kappa shape index (κ2) is 7.95. The first-order valence-corrected chi connectivity index (χ1v) is 8.59. The predicted molar refractivity (Wildman–Crippen MR) is 103 cm³/mol. The number of nitrogens with zero attached hydrogens (tertiary/aromatic N) is 2. The average Bonchev–Trinajstić information content (AvgIpc) is 3.11. The summed E-state index contributed by atoms with van der Waals surface area (Å²) in [7, 11) is 5.09. The Labute approximate surface area is 158 Å². The number of methoxy groups -OCH3 is 2. The van der Waals surface area contributed by atoms with E-state index in [1.807, 2.05) is 55.1 Å². The quantitative estimate of drug-likeness (QED) is 0.728. The molecule has 0 saturated carbocycles. The second-order valence-corrected chi connectivity index (χ2v) is 6.32. The summed E-state index contributed by atoms with van der Waals surface area (Å²) in [6.45, 7) is 1.96. The largest absolute Gasteiger partial charge is 0.497 e. The highest BCUT2D eigenvalue weighted by Crippen LogP contribution is 2.29. The number of aryl methyl sites for hydroxylation is 2. The van der Waals surface area contributed by atoms with Crippen molar-refractivity contribution in [1.82, 2.24) is 14.9 Å². The number of ether oxygens (including phenoxy) is 2. The van der Waals surface area contributed by atoms with Crippen LogP contribution in [0.2, 0.25) is 0 Å². The lowest BCUT2D eigenvalue weighted by Crippen LogP contribution is -2.31. The topological polar surface area (TPSA) is 65.4 Å². The van der Waals surface area contributed by atoms with Crippen LogP contribution < -0.4 is 14.8 Å². The van der Waals surface area contributed by atoms with E-state index in [2.05, 4.69) is 10.3 Å². The van der Waals surface area contributed by atoms with Gasteiger partial charge in [0.2, 0.25) is 0 Å². The molecule has 0 aliphatic carbocycles. The smallest absolute Gasteiger partial charge is 0.252 e. The van der Waals surface area contributed by atoms with Crippen molar-refractivity contribution in [2.75, 3.05) is 14.2 Å². The molecule has 140 valence electrons. The highest BCUT2D eigenvalue weighted by molar-refractivity contribution is 5.94. The molecule has 6 nitrogen and oxygen atoms in total. The molecule has 1 heterocycles. The molecule has 0 aliphatic heterocycles. The molecule has 1 aromatic heterocycles. The Morgan fingerprint density at radius 3 is 2.37 bits per heavy atom. The Morgan fingerprint density at radius 2 is 1.81 bits per heavy atom. The van der Waals surface area contributed by atoms with Crippen LogP contribution in [-0.2, 0) is 7.05 Å². The Balaban J connectivity index is 2.02. The molecule has 0 aliphatic rings. The van der Waals surface area contributed by atoms with E-state index in [0.717, 1.165) is 11.1 Å². The van der Waals surface area contributed by atoms with Gasteiger partial charge in [0.1, 0.15) is 23.4 Å². The minimum Gasteiger partial charge on any atom is -0.497 e. The molecule has 1 unspecified atom stereocenters. The normalized spacial score (nSPS) is 11.7. The molecule has 0 bridgehead atoms. The molecule has 1 amide bonds. The number of benzene rings is 2. The third kappa shape index (κ3) is 4.11. The summed E-state index contributed by atoms with van der Waals surface area (Å²) >= 11 is 0. The molecule has 3 aromatic rings. The van der Waals surface area contributed by atoms with Crippen LogP contribution in [0.15, 0.2) is 54.9 Å². The number of amides is 1. The van der Waals surface area contributed by atoms with Crippen LogP contribution in [0.25, 0.3) is 0 Å². The van der Waals surface area contributed by atoms with Gasteiger partial charge in [0, 0.05) is 31.1 Å². The van der Waals surface area contributed by atoms with Gasteiger partial charge in [-0.3, -0.25) is 4.79 Å². The van der Waals surface area contributed by atoms with E-state index in [1.165, 1.54) is 0 Å². The summed E-state index contributed by atoms with van der Waals surface area (Å²) in [6.07, 6.45) is 3.55. The average molecular weight is 365 g/mol. The number of carbonyl (C=O) groups excluding carboxylic acids is 1. The second-order valence-electron chi connectivity index (χ2n) is 6.32. The summed E-state index contributed by atoms with van der Waals surface area (Å²) in [6, 6.07) is 12.6. The summed E-state index contributed by atoms with van der Waals surface area (Å²) in [5.74, 6) is 1.83. The molecule has 6 heteroatoms. The van der Waals surface area contributed by atoms with Crippen molar-refractivity contribution in [3.8, 4) is 11.5 Å². The number of nitrogens with one attached hydrogen (secondary N) is 1. The van der Waals surface area contributed by atoms with Gasteiger partial charge in [0.15, 0.2) is 0 Å². The van der Waals surface area contributed by atoms with Gasteiger partial charge < -0.3 is 19.4 Å². The highest BCUT2D eigenvalue weighted by atomic mass is 16.5. The Morgan fingerprint density at radius 1 is 1.11 bits per heavy atom. The van der Waals surface area contributed by atoms with Gasteiger partial charge in [-0.25, -0.2) is 4.98 Å². The minimum atomic E-state index is -0.456. The first kappa shape index (κ1) is 18.5. The lowest BCUT2D eigenvalue weighted by molar-refractivity contribution is 0.0941. The summed E-state index contributed by atoms with van der Waals surface area (Å²) < 4.78 is 12.6. The lowest BCUT2D eigenvalue weighted by atomic mass is 10.0. The number of aromatic nitrogens is 2. The lowest BCUT2D eigenvalue weighted by Gasteiger charge is -2.20. The number of hydrogen-bond donors (Lipinski definition) is 1. The van der Waals surface area contributed by atoms with E-state index >= 15 is 0 Å². The molecule has 2 aromatic carbocycles. The van der Waals surface area contributed by atoms with Crippen LogP contribution in [0.5, 0.6) is 11.5 Å². The monoisotopic (exact) mass is 365 g/mol. The standard InChI is InChI=1S/C21H23N3O3/c1-14-6-5-7-15(10-14)21(25)23-19(20-22-8-9-24(20)2)16-11-17(26-3)13-18(12-16)27-4/h5-13,19H,1-4H3,(H,23,25). The summed E-state index contributed by atoms with van der Waals surface area (Å²) in [5.41, 5.74) is 2.45. The van der Waals surface area contributed by atoms with Crippen LogP contribution in [0.3, 0.4) is 0 Å². The highest BCUT2D eigenvalue weighted by Gasteiger charge is 2.23. The molecule has 1 atom stereocenters. The zero-order valence-corrected chi connectivity index (χ0v) is 15.9. The van der Waals surface area contributed by atoms with Crippen molar-refractivity contribution in [3.05, 3.63) is 77.4 Å². The minimum absolute atomic E-state index is 0.173. The summed E-state index contributed by atoms with van der Waals surface area (Å²) in [5, 5.41) is 3.09. The zero-order valence-electron chi connectivity index (χ0n) is 15.9. The van der Waals surface area contributed by atoms with E-state index < -0.39 is 6.04 Å². The number of hydrogen-bond acceptors (Lipinski definition) is 4. The molecule has 1 N–H and O–H groups in total. The van der Waals surface area contributed by atoms with E-state index in [-0.39, 0.29) is 5.91 Å². The molecule has 0 radical (unpaired) electrons. The van der Waals surface area contributed by atoms with Crippen molar-refractivity contribution >= 4 is 5.91 Å². The Bertz CT molecular complexity index is 927. The van der Waals surface area contributed by atoms with Crippen LogP contribution in [0.1, 0.15) is 33.4 Å². The third-order valence-corrected chi connectivity index (χ3v) is 4.38. The first-order valence-electron chi connectivity index (χ1n) is 8.59. The van der Waals surface area contributed by atoms with E-state index in [0.29, 0.717) is 22.9 Å². The third-order valence-electron chi connectivity index (χ3n) is 4.38. The van der Waals surface area contributed by atoms with Crippen LogP contribution in [-0.4, -0.2) is 29.7 Å². The van der Waals surface area contributed by atoms with Crippen molar-refractivity contribution in [3.63, 3.8) is 0 Å². The van der Waals surface area contributed by atoms with Gasteiger partial charge in [-0.2, -0.15) is 0 Å². The van der Waals surface area contributed by atoms with Gasteiger partial charge in [0.25, 0.3) is 5.91 Å². The van der Waals surface area contributed by atoms with Gasteiger partial charge in [-0.1, -0.05) is 17.7 Å². The predicted octanol–water partition coefficient (Wildman–Crippen LogP) is 3.27. The van der Waals surface area contributed by atoms with Crippen molar-refractivity contribution in [2.45, 2.75) is 13.0 Å². The van der Waals surface area contributed by atoms with Crippen molar-refractivity contribution < 1.29 is 14.3 Å². The maximum absolute atomic E-state index is 12.9. The fourth-order valence-corrected chi connectivity index (χ4v) is 2.95. The molecule has 0 spiro atoms. The van der Waals surface area contributed by atoms with Crippen LogP contribution in [0, 0.1) is 6.92 Å². The molecular weight excluding hydrogens is 342 g/mol. The molecule has 27 heavy (non-hydrogen) atoms. The van der Waals surface area contributed by atoms with Crippen molar-refractivity contribution in [1.29, 1.82) is 0 Å². The fourth-order valence-electron chi connectivity index (χ4n) is 2.95. The molecule has 0 fully saturated rings.